The van der Waals surface area contributed by atoms with Crippen molar-refractivity contribution < 1.29 is 130 Å². The molecule has 15 unspecified atom stereocenters. The number of ether oxygens (including phenoxy) is 10. The number of tetrazole rings is 6. The normalized spacial score (nSPS) is 18.7. The third-order valence-corrected chi connectivity index (χ3v) is 16.9. The molecule has 5 aliphatic heterocycles. The number of esters is 5. The van der Waals surface area contributed by atoms with Gasteiger partial charge in [0.15, 0.2) is 73.7 Å². The molecular formula is C84H154N28O28. The standard InChI is InChI=1S/C7H12N2O2.2C6H11N5O.2C6H10O3.3C5H10N4.3C5H8O3.3C5H10O2.C4H8N4.C4H8O3/c1-7(2,3)4-5-8-6(10)11-9-5;2*1-4(12)2-3-5(7)6-8-10-11-9-6;2*1-4-3-6(7)9-5(2)8-4;3*1-3-4(2)5-6-8-9-7-5;3*1-4-2-5(6)8-3-7-4;3*1-4(6)3-5(2)7;1-2-3-4-5-7-8-6-4;1-3(5)2-4(6)7/h4H2,1-3H3,(H,8,9,10);2*5H,2-3,7H2,1H3,(H,8,9,10,11);2*4-5H,3H2,1-2H3;3*4H,3H2,1-2H3,(H,6,7,8,9);3*4H,2-3H2,1H3;3*4,6H,3H2,1-2H3;2-3H2,1H3,(H,5,6,7,8);3,5H,2H2,1H3,(H,6,7)/t;5-;;;;;;;;;;;;;;/m.0............../s1. The van der Waals surface area contributed by atoms with Gasteiger partial charge in [-0.25, -0.2) is 4.79 Å². The molecule has 0 aliphatic carbocycles. The number of aromatic nitrogens is 26. The summed E-state index contributed by atoms with van der Waals surface area (Å²) >= 11 is 0. The fourth-order valence-corrected chi connectivity index (χ4v) is 9.61. The van der Waals surface area contributed by atoms with Gasteiger partial charge in [-0.2, -0.15) is 31.3 Å². The fraction of sp³-hybridized carbons (Fsp3) is 0.774. The summed E-state index contributed by atoms with van der Waals surface area (Å²) in [5, 5.41) is 125. The average Bonchev–Trinajstić information content (AvgIpc) is 1.71. The van der Waals surface area contributed by atoms with Crippen LogP contribution in [0.3, 0.4) is 0 Å². The molecule has 0 radical (unpaired) electrons. The molecule has 12 heterocycles. The molecule has 7 aromatic heterocycles. The number of carbonyl (C=O) groups excluding carboxylic acids is 10. The van der Waals surface area contributed by atoms with Gasteiger partial charge in [0, 0.05) is 62.7 Å². The maximum absolute atomic E-state index is 10.6. The van der Waals surface area contributed by atoms with E-state index >= 15 is 0 Å². The van der Waals surface area contributed by atoms with Crippen LogP contribution in [0.1, 0.15) is 360 Å². The van der Waals surface area contributed by atoms with Crippen LogP contribution in [0, 0.1) is 5.41 Å². The van der Waals surface area contributed by atoms with Crippen LogP contribution in [0.25, 0.3) is 0 Å². The number of hydrogen-bond donors (Lipinski definition) is 14. The second-order valence-electron chi connectivity index (χ2n) is 33.4. The van der Waals surface area contributed by atoms with E-state index in [0.29, 0.717) is 93.0 Å². The highest BCUT2D eigenvalue weighted by Gasteiger charge is 2.25. The van der Waals surface area contributed by atoms with Crippen molar-refractivity contribution in [3.8, 4) is 0 Å². The Kier molecular flexibility index (Phi) is 77.6. The van der Waals surface area contributed by atoms with Crippen molar-refractivity contribution in [1.29, 1.82) is 0 Å². The maximum atomic E-state index is 10.6. The van der Waals surface area contributed by atoms with Crippen molar-refractivity contribution in [2.75, 3.05) is 20.4 Å². The summed E-state index contributed by atoms with van der Waals surface area (Å²) in [6.45, 7) is 47.6. The van der Waals surface area contributed by atoms with Crippen LogP contribution >= 0.6 is 0 Å². The number of ketones is 5. The van der Waals surface area contributed by atoms with Crippen molar-refractivity contribution >= 4 is 64.7 Å². The van der Waals surface area contributed by atoms with Gasteiger partial charge in [0.05, 0.1) is 106 Å². The number of aliphatic carboxylic acids is 1. The smallest absolute Gasteiger partial charge is 0.438 e. The van der Waals surface area contributed by atoms with Crippen molar-refractivity contribution in [3.63, 3.8) is 0 Å². The summed E-state index contributed by atoms with van der Waals surface area (Å²) in [5.74, 6) is 4.08. The van der Waals surface area contributed by atoms with Crippen LogP contribution in [-0.2, 0) is 113 Å². The molecule has 0 amide bonds. The number of nitrogens with zero attached hydrogens (tertiary/aromatic N) is 19. The number of H-pyrrole nitrogens is 7. The Bertz CT molecular complexity index is 4010. The van der Waals surface area contributed by atoms with Crippen molar-refractivity contribution in [1.82, 2.24) is 134 Å². The first-order valence-corrected chi connectivity index (χ1v) is 45.4. The third-order valence-electron chi connectivity index (χ3n) is 16.9. The van der Waals surface area contributed by atoms with E-state index in [1.54, 1.807) is 34.6 Å². The van der Waals surface area contributed by atoms with Crippen molar-refractivity contribution in [2.24, 2.45) is 16.9 Å². The van der Waals surface area contributed by atoms with Gasteiger partial charge in [-0.1, -0.05) is 106 Å². The largest absolute Gasteiger partial charge is 0.481 e. The number of nitrogens with one attached hydrogen (secondary N) is 7. The third kappa shape index (κ3) is 84.2. The lowest BCUT2D eigenvalue weighted by Crippen LogP contribution is -2.31. The highest BCUT2D eigenvalue weighted by molar-refractivity contribution is 5.77. The number of nitrogens with two attached hydrogens (primary N) is 2. The minimum atomic E-state index is -0.963. The van der Waals surface area contributed by atoms with E-state index in [1.807, 2.05) is 34.6 Å². The Morgan fingerprint density at radius 1 is 0.407 bits per heavy atom. The number of hydrogen-bond acceptors (Lipinski definition) is 48. The summed E-state index contributed by atoms with van der Waals surface area (Å²) in [4.78, 5) is 126. The fourth-order valence-electron chi connectivity index (χ4n) is 9.61. The van der Waals surface area contributed by atoms with E-state index in [9.17, 15) is 57.5 Å². The van der Waals surface area contributed by atoms with Gasteiger partial charge >= 0.3 is 41.6 Å². The van der Waals surface area contributed by atoms with E-state index < -0.39 is 36.1 Å². The number of carboxylic acid groups (broad SMARTS) is 1. The molecule has 0 bridgehead atoms. The molecule has 5 fully saturated rings. The van der Waals surface area contributed by atoms with Gasteiger partial charge in [-0.15, -0.1) is 61.2 Å². The molecule has 16 N–H and O–H groups in total. The van der Waals surface area contributed by atoms with Gasteiger partial charge in [0.25, 0.3) is 0 Å². The number of carbonyl (C=O) groups is 11. The molecule has 7 aromatic rings. The Morgan fingerprint density at radius 3 is 0.864 bits per heavy atom. The molecule has 5 saturated heterocycles. The topological polar surface area (TPSA) is 819 Å². The molecule has 12 rings (SSSR count). The SMILES string of the molecule is CC(=O)CC(C)O.CC(=O)CC(C)O.CC(=O)CC(C)O.CC(=O)CCC(N)c1nn[nH]n1.CC(=O)CC[C@H](N)c1nn[nH]n1.CC(C)(C)Cc1noc(=O)[nH]1.CC(O)CC(=O)O.CC1CC(=O)OC(C)O1.CC1CC(=O)OC(C)O1.CC1CC(=O)OCO1.CC1CC(=O)OCO1.CC1CC(=O)OCO1.CCC(C)c1nn[nH]n1.CCC(C)c1nn[nH]n1.CCC(C)c1nn[nH]n1.CCCc1nn[nH]n1. The average molecular weight is 2000 g/mol. The molecule has 0 spiro atoms. The van der Waals surface area contributed by atoms with E-state index in [1.165, 1.54) is 41.5 Å². The van der Waals surface area contributed by atoms with Crippen molar-refractivity contribution in [2.45, 2.75) is 399 Å². The molecule has 56 nitrogen and oxygen atoms in total. The first-order valence-electron chi connectivity index (χ1n) is 45.4. The Hall–Kier alpha value is -11.9. The Labute approximate surface area is 813 Å². The number of carboxylic acids is 1. The molecule has 798 valence electrons. The number of aliphatic hydroxyl groups is 4. The van der Waals surface area contributed by atoms with Gasteiger partial charge in [0.1, 0.15) is 28.9 Å². The summed E-state index contributed by atoms with van der Waals surface area (Å²) < 4.78 is 52.1. The number of rotatable bonds is 25. The zero-order valence-corrected chi connectivity index (χ0v) is 85.6. The van der Waals surface area contributed by atoms with E-state index in [2.05, 4.69) is 222 Å². The number of cyclic esters (lactones) is 5. The monoisotopic (exact) mass is 2000 g/mol. The summed E-state index contributed by atoms with van der Waals surface area (Å²) in [7, 11) is 0. The minimum absolute atomic E-state index is 0.0150. The van der Waals surface area contributed by atoms with Crippen LogP contribution in [0.15, 0.2) is 9.32 Å². The van der Waals surface area contributed by atoms with Crippen LogP contribution in [-0.4, -0.2) is 312 Å². The van der Waals surface area contributed by atoms with E-state index in [4.69, 9.17) is 70.2 Å². The molecule has 56 heteroatoms. The van der Waals surface area contributed by atoms with Crippen LogP contribution in [0.2, 0.25) is 0 Å². The number of aryl methyl sites for hydroxylation is 1. The van der Waals surface area contributed by atoms with Gasteiger partial charge < -0.3 is 94.0 Å². The van der Waals surface area contributed by atoms with Gasteiger partial charge in [-0.3, -0.25) is 52.7 Å². The maximum Gasteiger partial charge on any atom is 0.438 e. The van der Waals surface area contributed by atoms with E-state index in [-0.39, 0.29) is 165 Å². The van der Waals surface area contributed by atoms with Gasteiger partial charge in [0.2, 0.25) is 0 Å². The minimum Gasteiger partial charge on any atom is -0.481 e. The molecule has 140 heavy (non-hydrogen) atoms. The van der Waals surface area contributed by atoms with Gasteiger partial charge in [-0.05, 0) is 155 Å². The summed E-state index contributed by atoms with van der Waals surface area (Å²) in [6, 6.07) is -0.597. The second-order valence-corrected chi connectivity index (χ2v) is 33.4. The number of Topliss-reactive ketones (excluding diaryl/α,β-unsaturated/α-hetero) is 5. The lowest BCUT2D eigenvalue weighted by Gasteiger charge is -2.24. The van der Waals surface area contributed by atoms with Crippen molar-refractivity contribution in [3.05, 3.63) is 51.3 Å². The predicted octanol–water partition coefficient (Wildman–Crippen LogP) is 5.52. The molecular weight excluding hydrogens is 1850 g/mol. The summed E-state index contributed by atoms with van der Waals surface area (Å²) in [5.41, 5.74) is 11.4. The first-order chi connectivity index (χ1) is 65.6. The molecule has 16 atom stereocenters. The highest BCUT2D eigenvalue weighted by atomic mass is 16.7. The number of aliphatic hydroxyl groups excluding tert-OH is 4. The molecule has 0 aromatic carbocycles. The van der Waals surface area contributed by atoms with Crippen LogP contribution in [0.5, 0.6) is 0 Å². The second kappa shape index (κ2) is 80.8. The zero-order chi connectivity index (χ0) is 107. The Balaban J connectivity index is -0.000000707. The Morgan fingerprint density at radius 2 is 0.693 bits per heavy atom. The van der Waals surface area contributed by atoms with E-state index in [0.717, 1.165) is 61.8 Å². The summed E-state index contributed by atoms with van der Waals surface area (Å²) in [6.07, 6.45) is 7.77. The van der Waals surface area contributed by atoms with Crippen LogP contribution < -0.4 is 17.2 Å². The highest BCUT2D eigenvalue weighted by Crippen LogP contribution is 2.19. The lowest BCUT2D eigenvalue weighted by molar-refractivity contribution is -0.207. The zero-order valence-electron chi connectivity index (χ0n) is 85.6. The molecule has 0 saturated carbocycles. The quantitative estimate of drug-likeness (QED) is 0.0247. The number of aromatic amines is 7. The van der Waals surface area contributed by atoms with Crippen LogP contribution in [0.4, 0.5) is 0 Å². The lowest BCUT2D eigenvalue weighted by atomic mass is 9.92. The first kappa shape index (κ1) is 134. The predicted molar refractivity (Wildman–Crippen MR) is 494 cm³/mol. The molecule has 5 aliphatic rings.